The van der Waals surface area contributed by atoms with Crippen LogP contribution in [-0.4, -0.2) is 17.3 Å². The fourth-order valence-corrected chi connectivity index (χ4v) is 3.45. The van der Waals surface area contributed by atoms with Gasteiger partial charge in [-0.2, -0.15) is 0 Å². The lowest BCUT2D eigenvalue weighted by Gasteiger charge is -2.24. The molecule has 0 aliphatic carbocycles. The molecule has 2 N–H and O–H groups in total. The van der Waals surface area contributed by atoms with E-state index in [0.29, 0.717) is 12.2 Å². The van der Waals surface area contributed by atoms with Gasteiger partial charge in [0.1, 0.15) is 17.2 Å². The molecule has 0 aliphatic rings. The van der Waals surface area contributed by atoms with Crippen LogP contribution in [0.15, 0.2) is 55.1 Å². The van der Waals surface area contributed by atoms with E-state index in [1.54, 1.807) is 19.3 Å². The minimum atomic E-state index is -0.237. The van der Waals surface area contributed by atoms with Crippen molar-refractivity contribution in [1.82, 2.24) is 0 Å². The van der Waals surface area contributed by atoms with E-state index in [9.17, 15) is 10.2 Å². The highest BCUT2D eigenvalue weighted by Gasteiger charge is 2.22. The smallest absolute Gasteiger partial charge is 0.124 e. The second kappa shape index (κ2) is 6.99. The number of benzene rings is 3. The lowest BCUT2D eigenvalue weighted by atomic mass is 9.82. The third kappa shape index (κ3) is 3.50. The largest absolute Gasteiger partial charge is 0.507 e. The summed E-state index contributed by atoms with van der Waals surface area (Å²) < 4.78 is 5.32. The maximum absolute atomic E-state index is 10.8. The fraction of sp³-hybridized carbons (Fsp3) is 0.250. The zero-order chi connectivity index (χ0) is 19.8. The zero-order valence-corrected chi connectivity index (χ0v) is 16.3. The molecular formula is C24H26O3. The molecule has 0 fully saturated rings. The average Bonchev–Trinajstić information content (AvgIpc) is 2.62. The minimum Gasteiger partial charge on any atom is -0.507 e. The predicted octanol–water partition coefficient (Wildman–Crippen LogP) is 5.95. The van der Waals surface area contributed by atoms with Crippen LogP contribution in [-0.2, 0) is 11.8 Å². The van der Waals surface area contributed by atoms with Crippen molar-refractivity contribution in [1.29, 1.82) is 0 Å². The Morgan fingerprint density at radius 1 is 1.04 bits per heavy atom. The number of aromatic hydroxyl groups is 2. The van der Waals surface area contributed by atoms with Gasteiger partial charge in [-0.15, -0.1) is 6.58 Å². The van der Waals surface area contributed by atoms with Gasteiger partial charge in [-0.05, 0) is 70.1 Å². The second-order valence-corrected chi connectivity index (χ2v) is 7.82. The highest BCUT2D eigenvalue weighted by atomic mass is 16.5. The van der Waals surface area contributed by atoms with Gasteiger partial charge in [0.05, 0.1) is 7.11 Å². The van der Waals surface area contributed by atoms with Gasteiger partial charge >= 0.3 is 0 Å². The van der Waals surface area contributed by atoms with Crippen molar-refractivity contribution < 1.29 is 14.9 Å². The van der Waals surface area contributed by atoms with Crippen LogP contribution >= 0.6 is 0 Å². The summed E-state index contributed by atoms with van der Waals surface area (Å²) in [5.74, 6) is 1.28. The average molecular weight is 362 g/mol. The third-order valence-electron chi connectivity index (χ3n) is 4.85. The summed E-state index contributed by atoms with van der Waals surface area (Å²) >= 11 is 0. The highest BCUT2D eigenvalue weighted by molar-refractivity contribution is 6.00. The first kappa shape index (κ1) is 18.8. The van der Waals surface area contributed by atoms with Crippen LogP contribution < -0.4 is 4.74 Å². The SMILES string of the molecule is C=CCc1cc(-c2c(O)ccc3cc(OC)ccc23)cc(C(C)(C)C)c1O. The number of ether oxygens (including phenoxy) is 1. The molecule has 0 aliphatic heterocycles. The van der Waals surface area contributed by atoms with Crippen LogP contribution in [0.3, 0.4) is 0 Å². The molecule has 0 heterocycles. The fourth-order valence-electron chi connectivity index (χ4n) is 3.45. The molecule has 0 saturated heterocycles. The second-order valence-electron chi connectivity index (χ2n) is 7.82. The van der Waals surface area contributed by atoms with Gasteiger partial charge in [0, 0.05) is 11.1 Å². The van der Waals surface area contributed by atoms with Crippen molar-refractivity contribution in [3.8, 4) is 28.4 Å². The molecule has 3 rings (SSSR count). The van der Waals surface area contributed by atoms with Crippen molar-refractivity contribution in [2.24, 2.45) is 0 Å². The lowest BCUT2D eigenvalue weighted by molar-refractivity contribution is 0.415. The Hall–Kier alpha value is -2.94. The maximum Gasteiger partial charge on any atom is 0.124 e. The van der Waals surface area contributed by atoms with Crippen LogP contribution in [0.4, 0.5) is 0 Å². The van der Waals surface area contributed by atoms with E-state index < -0.39 is 0 Å². The molecule has 0 bridgehead atoms. The first-order chi connectivity index (χ1) is 12.8. The Kier molecular flexibility index (Phi) is 4.88. The lowest BCUT2D eigenvalue weighted by Crippen LogP contribution is -2.12. The van der Waals surface area contributed by atoms with E-state index >= 15 is 0 Å². The molecule has 0 amide bonds. The Bertz CT molecular complexity index is 1010. The van der Waals surface area contributed by atoms with E-state index in [0.717, 1.165) is 38.8 Å². The molecule has 3 nitrogen and oxygen atoms in total. The number of phenolic OH excluding ortho intramolecular Hbond substituents is 2. The number of methoxy groups -OCH3 is 1. The van der Waals surface area contributed by atoms with E-state index in [1.807, 2.05) is 36.4 Å². The van der Waals surface area contributed by atoms with Crippen LogP contribution in [0.1, 0.15) is 31.9 Å². The molecule has 3 aromatic carbocycles. The molecule has 0 unspecified atom stereocenters. The van der Waals surface area contributed by atoms with E-state index in [-0.39, 0.29) is 11.2 Å². The summed E-state index contributed by atoms with van der Waals surface area (Å²) in [7, 11) is 1.64. The number of rotatable bonds is 4. The quantitative estimate of drug-likeness (QED) is 0.564. The molecule has 3 aromatic rings. The van der Waals surface area contributed by atoms with Gasteiger partial charge in [0.25, 0.3) is 0 Å². The van der Waals surface area contributed by atoms with Crippen LogP contribution in [0.5, 0.6) is 17.2 Å². The Morgan fingerprint density at radius 3 is 2.41 bits per heavy atom. The topological polar surface area (TPSA) is 49.7 Å². The number of hydrogen-bond acceptors (Lipinski definition) is 3. The van der Waals surface area contributed by atoms with E-state index in [2.05, 4.69) is 27.4 Å². The first-order valence-corrected chi connectivity index (χ1v) is 9.03. The molecular weight excluding hydrogens is 336 g/mol. The standard InChI is InChI=1S/C24H26O3/c1-6-7-16-12-17(14-20(23(16)26)24(2,3)4)22-19-10-9-18(27-5)13-15(19)8-11-21(22)25/h6,8-14,25-26H,1,7H2,2-5H3. The van der Waals surface area contributed by atoms with Gasteiger partial charge < -0.3 is 14.9 Å². The third-order valence-corrected chi connectivity index (χ3v) is 4.85. The van der Waals surface area contributed by atoms with Gasteiger partial charge in [0.2, 0.25) is 0 Å². The summed E-state index contributed by atoms with van der Waals surface area (Å²) in [6, 6.07) is 13.3. The van der Waals surface area contributed by atoms with Gasteiger partial charge in [-0.3, -0.25) is 0 Å². The van der Waals surface area contributed by atoms with Gasteiger partial charge in [-0.1, -0.05) is 32.9 Å². The molecule has 0 atom stereocenters. The maximum atomic E-state index is 10.8. The van der Waals surface area contributed by atoms with Crippen molar-refractivity contribution in [3.63, 3.8) is 0 Å². The van der Waals surface area contributed by atoms with Crippen LogP contribution in [0, 0.1) is 0 Å². The molecule has 3 heteroatoms. The number of fused-ring (bicyclic) bond motifs is 1. The predicted molar refractivity (Wildman–Crippen MR) is 112 cm³/mol. The van der Waals surface area contributed by atoms with Crippen LogP contribution in [0.2, 0.25) is 0 Å². The number of hydrogen-bond donors (Lipinski definition) is 2. The van der Waals surface area contributed by atoms with E-state index in [4.69, 9.17) is 4.74 Å². The Morgan fingerprint density at radius 2 is 1.78 bits per heavy atom. The summed E-state index contributed by atoms with van der Waals surface area (Å²) in [5, 5.41) is 23.3. The number of phenols is 2. The summed E-state index contributed by atoms with van der Waals surface area (Å²) in [5.41, 5.74) is 3.05. The molecule has 0 saturated carbocycles. The van der Waals surface area contributed by atoms with Crippen molar-refractivity contribution >= 4 is 10.8 Å². The summed E-state index contributed by atoms with van der Waals surface area (Å²) in [6.07, 6.45) is 2.33. The van der Waals surface area contributed by atoms with Crippen LogP contribution in [0.25, 0.3) is 21.9 Å². The molecule has 27 heavy (non-hydrogen) atoms. The van der Waals surface area contributed by atoms with Gasteiger partial charge in [-0.25, -0.2) is 0 Å². The zero-order valence-electron chi connectivity index (χ0n) is 16.3. The van der Waals surface area contributed by atoms with Crippen molar-refractivity contribution in [2.45, 2.75) is 32.6 Å². The highest BCUT2D eigenvalue weighted by Crippen LogP contribution is 2.42. The Labute approximate surface area is 160 Å². The summed E-state index contributed by atoms with van der Waals surface area (Å²) in [4.78, 5) is 0. The van der Waals surface area contributed by atoms with Crippen molar-refractivity contribution in [3.05, 3.63) is 66.2 Å². The Balaban J connectivity index is 2.35. The van der Waals surface area contributed by atoms with Crippen molar-refractivity contribution in [2.75, 3.05) is 7.11 Å². The summed E-state index contributed by atoms with van der Waals surface area (Å²) in [6.45, 7) is 10.0. The number of allylic oxidation sites excluding steroid dienone is 1. The minimum absolute atomic E-state index is 0.211. The first-order valence-electron chi connectivity index (χ1n) is 9.03. The monoisotopic (exact) mass is 362 g/mol. The van der Waals surface area contributed by atoms with E-state index in [1.165, 1.54) is 0 Å². The molecule has 140 valence electrons. The molecule has 0 spiro atoms. The van der Waals surface area contributed by atoms with Gasteiger partial charge in [0.15, 0.2) is 0 Å². The molecule has 0 aromatic heterocycles. The molecule has 0 radical (unpaired) electrons. The normalized spacial score (nSPS) is 11.6.